The molecule has 0 aromatic heterocycles. The van der Waals surface area contributed by atoms with Crippen LogP contribution in [0.3, 0.4) is 0 Å². The van der Waals surface area contributed by atoms with Crippen LogP contribution in [0.15, 0.2) is 24.3 Å². The van der Waals surface area contributed by atoms with Crippen LogP contribution in [-0.2, 0) is 11.3 Å². The highest BCUT2D eigenvalue weighted by atomic mass is 16.5. The van der Waals surface area contributed by atoms with Crippen molar-refractivity contribution in [3.8, 4) is 5.75 Å². The first-order chi connectivity index (χ1) is 10.0. The molecule has 0 bridgehead atoms. The maximum Gasteiger partial charge on any atom is 0.224 e. The van der Waals surface area contributed by atoms with Crippen LogP contribution in [0.2, 0.25) is 0 Å². The van der Waals surface area contributed by atoms with Crippen molar-refractivity contribution in [3.63, 3.8) is 0 Å². The van der Waals surface area contributed by atoms with Gasteiger partial charge >= 0.3 is 0 Å². The molecule has 0 aliphatic carbocycles. The van der Waals surface area contributed by atoms with E-state index in [2.05, 4.69) is 37.9 Å². The molecule has 1 aliphatic rings. The number of hydrogen-bond acceptors (Lipinski definition) is 3. The number of rotatable bonds is 6. The normalized spacial score (nSPS) is 22.1. The fraction of sp³-hybridized carbons (Fsp3) is 0.588. The van der Waals surface area contributed by atoms with Crippen LogP contribution >= 0.6 is 0 Å². The maximum absolute atomic E-state index is 12.0. The molecule has 116 valence electrons. The van der Waals surface area contributed by atoms with Crippen LogP contribution in [0, 0.1) is 5.92 Å². The van der Waals surface area contributed by atoms with E-state index in [1.54, 1.807) is 0 Å². The van der Waals surface area contributed by atoms with Gasteiger partial charge < -0.3 is 9.64 Å². The van der Waals surface area contributed by atoms with Crippen LogP contribution < -0.4 is 4.74 Å². The molecular formula is C17H26N2O2. The fourth-order valence-electron chi connectivity index (χ4n) is 2.78. The second-order valence-electron chi connectivity index (χ2n) is 6.02. The predicted octanol–water partition coefficient (Wildman–Crippen LogP) is 2.73. The molecule has 1 saturated heterocycles. The van der Waals surface area contributed by atoms with Gasteiger partial charge in [0.2, 0.25) is 5.91 Å². The molecule has 4 heteroatoms. The SMILES string of the molecule is CCOc1ccc(CN(C)CN2C(=O)CC(C)C2C)cc1. The molecule has 1 heterocycles. The van der Waals surface area contributed by atoms with Crippen molar-refractivity contribution < 1.29 is 9.53 Å². The largest absolute Gasteiger partial charge is 0.494 e. The van der Waals surface area contributed by atoms with Gasteiger partial charge in [-0.1, -0.05) is 19.1 Å². The van der Waals surface area contributed by atoms with E-state index < -0.39 is 0 Å². The highest BCUT2D eigenvalue weighted by molar-refractivity contribution is 5.79. The first-order valence-electron chi connectivity index (χ1n) is 7.71. The maximum atomic E-state index is 12.0. The van der Waals surface area contributed by atoms with E-state index in [-0.39, 0.29) is 5.91 Å². The standard InChI is InChI=1S/C17H26N2O2/c1-5-21-16-8-6-15(7-9-16)11-18(4)12-19-14(3)13(2)10-17(19)20/h6-9,13-14H,5,10-12H2,1-4H3. The number of hydrogen-bond donors (Lipinski definition) is 0. The molecule has 21 heavy (non-hydrogen) atoms. The summed E-state index contributed by atoms with van der Waals surface area (Å²) in [4.78, 5) is 16.2. The van der Waals surface area contributed by atoms with Gasteiger partial charge in [0.25, 0.3) is 0 Å². The van der Waals surface area contributed by atoms with Gasteiger partial charge in [-0.2, -0.15) is 0 Å². The zero-order valence-electron chi connectivity index (χ0n) is 13.5. The second kappa shape index (κ2) is 6.94. The van der Waals surface area contributed by atoms with Crippen molar-refractivity contribution in [2.75, 3.05) is 20.3 Å². The van der Waals surface area contributed by atoms with E-state index in [4.69, 9.17) is 4.74 Å². The second-order valence-corrected chi connectivity index (χ2v) is 6.02. The molecule has 1 aliphatic heterocycles. The Morgan fingerprint density at radius 1 is 1.29 bits per heavy atom. The van der Waals surface area contributed by atoms with Crippen LogP contribution in [-0.4, -0.2) is 42.1 Å². The fourth-order valence-corrected chi connectivity index (χ4v) is 2.78. The van der Waals surface area contributed by atoms with E-state index in [9.17, 15) is 4.79 Å². The summed E-state index contributed by atoms with van der Waals surface area (Å²) >= 11 is 0. The summed E-state index contributed by atoms with van der Waals surface area (Å²) in [5.74, 6) is 1.63. The monoisotopic (exact) mass is 290 g/mol. The summed E-state index contributed by atoms with van der Waals surface area (Å²) in [6, 6.07) is 8.50. The molecular weight excluding hydrogens is 264 g/mol. The third-order valence-electron chi connectivity index (χ3n) is 4.21. The Hall–Kier alpha value is -1.55. The zero-order valence-corrected chi connectivity index (χ0v) is 13.5. The number of carbonyl (C=O) groups is 1. The summed E-state index contributed by atoms with van der Waals surface area (Å²) in [5.41, 5.74) is 1.23. The lowest BCUT2D eigenvalue weighted by molar-refractivity contribution is -0.130. The van der Waals surface area contributed by atoms with Gasteiger partial charge in [0.05, 0.1) is 13.3 Å². The summed E-state index contributed by atoms with van der Waals surface area (Å²) in [5, 5.41) is 0. The van der Waals surface area contributed by atoms with E-state index in [0.29, 0.717) is 31.7 Å². The van der Waals surface area contributed by atoms with Gasteiger partial charge in [-0.05, 0) is 44.5 Å². The van der Waals surface area contributed by atoms with Crippen LogP contribution in [0.1, 0.15) is 32.8 Å². The number of benzene rings is 1. The Morgan fingerprint density at radius 3 is 2.48 bits per heavy atom. The van der Waals surface area contributed by atoms with Crippen LogP contribution in [0.4, 0.5) is 0 Å². The number of ether oxygens (including phenoxy) is 1. The molecule has 2 atom stereocenters. The minimum atomic E-state index is 0.272. The minimum absolute atomic E-state index is 0.272. The average molecular weight is 290 g/mol. The summed E-state index contributed by atoms with van der Waals surface area (Å²) < 4.78 is 5.45. The Kier molecular flexibility index (Phi) is 5.23. The molecule has 1 fully saturated rings. The van der Waals surface area contributed by atoms with E-state index in [0.717, 1.165) is 12.3 Å². The Morgan fingerprint density at radius 2 is 1.95 bits per heavy atom. The van der Waals surface area contributed by atoms with Gasteiger partial charge in [0.1, 0.15) is 5.75 Å². The highest BCUT2D eigenvalue weighted by Crippen LogP contribution is 2.24. The van der Waals surface area contributed by atoms with Crippen molar-refractivity contribution >= 4 is 5.91 Å². The quantitative estimate of drug-likeness (QED) is 0.807. The molecule has 0 spiro atoms. The van der Waals surface area contributed by atoms with Crippen molar-refractivity contribution in [1.29, 1.82) is 0 Å². The van der Waals surface area contributed by atoms with Gasteiger partial charge in [-0.25, -0.2) is 0 Å². The summed E-state index contributed by atoms with van der Waals surface area (Å²) in [6.07, 6.45) is 0.679. The van der Waals surface area contributed by atoms with Gasteiger partial charge in [0.15, 0.2) is 0 Å². The Labute approximate surface area is 127 Å². The first kappa shape index (κ1) is 15.8. The molecule has 1 amide bonds. The molecule has 1 aromatic rings. The number of carbonyl (C=O) groups excluding carboxylic acids is 1. The highest BCUT2D eigenvalue weighted by Gasteiger charge is 2.34. The lowest BCUT2D eigenvalue weighted by Crippen LogP contribution is -2.40. The van der Waals surface area contributed by atoms with Crippen LogP contribution in [0.25, 0.3) is 0 Å². The van der Waals surface area contributed by atoms with Gasteiger partial charge in [-0.15, -0.1) is 0 Å². The molecule has 0 saturated carbocycles. The smallest absolute Gasteiger partial charge is 0.224 e. The first-order valence-corrected chi connectivity index (χ1v) is 7.71. The summed E-state index contributed by atoms with van der Waals surface area (Å²) in [7, 11) is 2.06. The Balaban J connectivity index is 1.89. The molecule has 0 radical (unpaired) electrons. The van der Waals surface area contributed by atoms with E-state index in [1.807, 2.05) is 24.0 Å². The van der Waals surface area contributed by atoms with Gasteiger partial charge in [-0.3, -0.25) is 9.69 Å². The zero-order chi connectivity index (χ0) is 15.4. The lowest BCUT2D eigenvalue weighted by Gasteiger charge is -2.29. The number of likely N-dealkylation sites (tertiary alicyclic amines) is 1. The van der Waals surface area contributed by atoms with Crippen molar-refractivity contribution in [2.45, 2.75) is 39.8 Å². The molecule has 2 rings (SSSR count). The molecule has 2 unspecified atom stereocenters. The third kappa shape index (κ3) is 3.97. The lowest BCUT2D eigenvalue weighted by atomic mass is 10.1. The summed E-state index contributed by atoms with van der Waals surface area (Å²) in [6.45, 7) is 8.48. The average Bonchev–Trinajstić information content (AvgIpc) is 2.68. The topological polar surface area (TPSA) is 32.8 Å². The third-order valence-corrected chi connectivity index (χ3v) is 4.21. The van der Waals surface area contributed by atoms with Crippen molar-refractivity contribution in [2.24, 2.45) is 5.92 Å². The van der Waals surface area contributed by atoms with Crippen LogP contribution in [0.5, 0.6) is 5.75 Å². The van der Waals surface area contributed by atoms with Crippen molar-refractivity contribution in [1.82, 2.24) is 9.80 Å². The Bertz CT molecular complexity index is 472. The van der Waals surface area contributed by atoms with Crippen molar-refractivity contribution in [3.05, 3.63) is 29.8 Å². The minimum Gasteiger partial charge on any atom is -0.494 e. The van der Waals surface area contributed by atoms with Gasteiger partial charge in [0, 0.05) is 19.0 Å². The number of nitrogens with zero attached hydrogens (tertiary/aromatic N) is 2. The molecule has 0 N–H and O–H groups in total. The molecule has 4 nitrogen and oxygen atoms in total. The predicted molar refractivity (Wildman–Crippen MR) is 84.0 cm³/mol. The molecule has 1 aromatic carbocycles. The van der Waals surface area contributed by atoms with E-state index >= 15 is 0 Å². The van der Waals surface area contributed by atoms with E-state index in [1.165, 1.54) is 5.56 Å². The number of amides is 1.